The first-order valence-electron chi connectivity index (χ1n) is 6.05. The van der Waals surface area contributed by atoms with Gasteiger partial charge in [-0.15, -0.1) is 0 Å². The maximum absolute atomic E-state index is 10.2. The second kappa shape index (κ2) is 6.80. The number of aliphatic hydroxyl groups is 1. The Morgan fingerprint density at radius 2 is 1.95 bits per heavy atom. The van der Waals surface area contributed by atoms with E-state index in [1.54, 1.807) is 13.3 Å². The number of ether oxygens (including phenoxy) is 1. The minimum atomic E-state index is -0.537. The zero-order chi connectivity index (χ0) is 13.7. The molecule has 19 heavy (non-hydrogen) atoms. The summed E-state index contributed by atoms with van der Waals surface area (Å²) in [5.74, 6) is 0. The van der Waals surface area contributed by atoms with Crippen molar-refractivity contribution in [1.29, 1.82) is 0 Å². The molecule has 2 rings (SSSR count). The number of benzene rings is 1. The Morgan fingerprint density at radius 3 is 2.53 bits per heavy atom. The second-order valence-electron chi connectivity index (χ2n) is 4.36. The Kier molecular flexibility index (Phi) is 5.07. The van der Waals surface area contributed by atoms with Crippen LogP contribution in [0.15, 0.2) is 47.1 Å². The third kappa shape index (κ3) is 4.13. The van der Waals surface area contributed by atoms with E-state index in [9.17, 15) is 5.11 Å². The molecule has 0 radical (unpaired) electrons. The lowest BCUT2D eigenvalue weighted by Gasteiger charge is -2.11. The van der Waals surface area contributed by atoms with Crippen molar-refractivity contribution < 1.29 is 9.84 Å². The van der Waals surface area contributed by atoms with Gasteiger partial charge in [0.1, 0.15) is 0 Å². The Balaban J connectivity index is 2.02. The van der Waals surface area contributed by atoms with Gasteiger partial charge in [-0.2, -0.15) is 0 Å². The number of aliphatic hydroxyl groups excluding tert-OH is 1. The van der Waals surface area contributed by atoms with E-state index < -0.39 is 6.10 Å². The van der Waals surface area contributed by atoms with Gasteiger partial charge in [-0.1, -0.05) is 24.3 Å². The summed E-state index contributed by atoms with van der Waals surface area (Å²) in [6, 6.07) is 11.6. The Hall–Kier alpha value is -1.23. The molecule has 1 aromatic carbocycles. The average Bonchev–Trinajstić information content (AvgIpc) is 2.42. The van der Waals surface area contributed by atoms with Gasteiger partial charge < -0.3 is 9.84 Å². The van der Waals surface area contributed by atoms with Crippen LogP contribution in [0.1, 0.15) is 22.9 Å². The van der Waals surface area contributed by atoms with E-state index in [4.69, 9.17) is 4.74 Å². The predicted octanol–water partition coefficient (Wildman–Crippen LogP) is 3.27. The minimum absolute atomic E-state index is 0.511. The van der Waals surface area contributed by atoms with Gasteiger partial charge in [0.15, 0.2) is 0 Å². The SMILES string of the molecule is COCc1ccc(C(O)Cc2ccc(Br)cn2)cc1. The first kappa shape index (κ1) is 14.2. The monoisotopic (exact) mass is 321 g/mol. The number of pyridine rings is 1. The molecule has 0 aliphatic heterocycles. The molecule has 4 heteroatoms. The summed E-state index contributed by atoms with van der Waals surface area (Å²) in [5.41, 5.74) is 2.86. The van der Waals surface area contributed by atoms with Gasteiger partial charge in [0.25, 0.3) is 0 Å². The molecule has 0 saturated heterocycles. The molecular weight excluding hydrogens is 306 g/mol. The van der Waals surface area contributed by atoms with E-state index in [1.165, 1.54) is 0 Å². The Morgan fingerprint density at radius 1 is 1.21 bits per heavy atom. The standard InChI is InChI=1S/C15H16BrNO2/c1-19-10-11-2-4-12(5-3-11)15(18)8-14-7-6-13(16)9-17-14/h2-7,9,15,18H,8,10H2,1H3. The molecule has 1 heterocycles. The lowest BCUT2D eigenvalue weighted by atomic mass is 10.0. The number of aromatic nitrogens is 1. The fourth-order valence-corrected chi connectivity index (χ4v) is 2.08. The van der Waals surface area contributed by atoms with Gasteiger partial charge in [0, 0.05) is 29.9 Å². The number of methoxy groups -OCH3 is 1. The highest BCUT2D eigenvalue weighted by Gasteiger charge is 2.09. The molecule has 0 aliphatic carbocycles. The molecule has 0 bridgehead atoms. The number of hydrogen-bond donors (Lipinski definition) is 1. The van der Waals surface area contributed by atoms with Gasteiger partial charge in [-0.3, -0.25) is 4.98 Å². The molecule has 1 atom stereocenters. The van der Waals surface area contributed by atoms with E-state index >= 15 is 0 Å². The second-order valence-corrected chi connectivity index (χ2v) is 5.28. The zero-order valence-electron chi connectivity index (χ0n) is 10.7. The zero-order valence-corrected chi connectivity index (χ0v) is 12.3. The van der Waals surface area contributed by atoms with Crippen molar-refractivity contribution in [1.82, 2.24) is 4.98 Å². The van der Waals surface area contributed by atoms with E-state index in [-0.39, 0.29) is 0 Å². The summed E-state index contributed by atoms with van der Waals surface area (Å²) in [6.45, 7) is 0.588. The summed E-state index contributed by atoms with van der Waals surface area (Å²) in [6.07, 6.45) is 1.71. The van der Waals surface area contributed by atoms with Crippen molar-refractivity contribution in [3.8, 4) is 0 Å². The van der Waals surface area contributed by atoms with Crippen LogP contribution in [0.2, 0.25) is 0 Å². The topological polar surface area (TPSA) is 42.4 Å². The lowest BCUT2D eigenvalue weighted by molar-refractivity contribution is 0.176. The highest BCUT2D eigenvalue weighted by molar-refractivity contribution is 9.10. The van der Waals surface area contributed by atoms with Crippen LogP contribution in [0.3, 0.4) is 0 Å². The average molecular weight is 322 g/mol. The number of nitrogens with zero attached hydrogens (tertiary/aromatic N) is 1. The highest BCUT2D eigenvalue weighted by Crippen LogP contribution is 2.19. The van der Waals surface area contributed by atoms with Gasteiger partial charge in [0.2, 0.25) is 0 Å². The van der Waals surface area contributed by atoms with E-state index in [0.29, 0.717) is 13.0 Å². The van der Waals surface area contributed by atoms with Crippen molar-refractivity contribution in [2.24, 2.45) is 0 Å². The molecule has 0 fully saturated rings. The van der Waals surface area contributed by atoms with Crippen molar-refractivity contribution in [3.05, 3.63) is 63.9 Å². The number of halogens is 1. The molecule has 0 amide bonds. The lowest BCUT2D eigenvalue weighted by Crippen LogP contribution is -2.03. The van der Waals surface area contributed by atoms with Crippen molar-refractivity contribution in [3.63, 3.8) is 0 Å². The van der Waals surface area contributed by atoms with Crippen LogP contribution in [0.4, 0.5) is 0 Å². The minimum Gasteiger partial charge on any atom is -0.388 e. The summed E-state index contributed by atoms with van der Waals surface area (Å²) in [7, 11) is 1.67. The maximum Gasteiger partial charge on any atom is 0.0845 e. The van der Waals surface area contributed by atoms with Crippen LogP contribution < -0.4 is 0 Å². The fourth-order valence-electron chi connectivity index (χ4n) is 1.85. The van der Waals surface area contributed by atoms with Gasteiger partial charge in [-0.25, -0.2) is 0 Å². The third-order valence-electron chi connectivity index (χ3n) is 2.87. The molecule has 100 valence electrons. The third-order valence-corrected chi connectivity index (χ3v) is 3.34. The quantitative estimate of drug-likeness (QED) is 0.919. The van der Waals surface area contributed by atoms with Crippen LogP contribution in [0, 0.1) is 0 Å². The molecule has 3 nitrogen and oxygen atoms in total. The van der Waals surface area contributed by atoms with Gasteiger partial charge >= 0.3 is 0 Å². The maximum atomic E-state index is 10.2. The summed E-state index contributed by atoms with van der Waals surface area (Å²) >= 11 is 3.34. The number of rotatable bonds is 5. The van der Waals surface area contributed by atoms with Gasteiger partial charge in [0.05, 0.1) is 12.7 Å². The van der Waals surface area contributed by atoms with E-state index in [1.807, 2.05) is 36.4 Å². The first-order chi connectivity index (χ1) is 9.19. The van der Waals surface area contributed by atoms with Crippen molar-refractivity contribution in [2.75, 3.05) is 7.11 Å². The summed E-state index contributed by atoms with van der Waals surface area (Å²) < 4.78 is 6.00. The largest absolute Gasteiger partial charge is 0.388 e. The molecule has 0 spiro atoms. The smallest absolute Gasteiger partial charge is 0.0845 e. The van der Waals surface area contributed by atoms with Gasteiger partial charge in [-0.05, 0) is 39.2 Å². The van der Waals surface area contributed by atoms with Crippen molar-refractivity contribution >= 4 is 15.9 Å². The highest BCUT2D eigenvalue weighted by atomic mass is 79.9. The molecule has 1 aromatic heterocycles. The van der Waals surface area contributed by atoms with E-state index in [0.717, 1.165) is 21.3 Å². The van der Waals surface area contributed by atoms with Crippen LogP contribution in [0.5, 0.6) is 0 Å². The normalized spacial score (nSPS) is 12.4. The summed E-state index contributed by atoms with van der Waals surface area (Å²) in [5, 5.41) is 10.2. The van der Waals surface area contributed by atoms with Crippen LogP contribution in [-0.2, 0) is 17.8 Å². The Bertz CT molecular complexity index is 511. The number of hydrogen-bond acceptors (Lipinski definition) is 3. The molecule has 1 unspecified atom stereocenters. The summed E-state index contributed by atoms with van der Waals surface area (Å²) in [4.78, 5) is 4.26. The van der Waals surface area contributed by atoms with E-state index in [2.05, 4.69) is 20.9 Å². The van der Waals surface area contributed by atoms with Crippen LogP contribution in [-0.4, -0.2) is 17.2 Å². The molecule has 1 N–H and O–H groups in total. The van der Waals surface area contributed by atoms with Crippen LogP contribution in [0.25, 0.3) is 0 Å². The molecule has 0 aliphatic rings. The predicted molar refractivity (Wildman–Crippen MR) is 77.8 cm³/mol. The molecule has 0 saturated carbocycles. The fraction of sp³-hybridized carbons (Fsp3) is 0.267. The van der Waals surface area contributed by atoms with Crippen LogP contribution >= 0.6 is 15.9 Å². The first-order valence-corrected chi connectivity index (χ1v) is 6.84. The van der Waals surface area contributed by atoms with Crippen molar-refractivity contribution in [2.45, 2.75) is 19.1 Å². The molecular formula is C15H16BrNO2. The molecule has 2 aromatic rings. The Labute approximate surface area is 121 Å².